The highest BCUT2D eigenvalue weighted by Crippen LogP contribution is 2.42. The van der Waals surface area contributed by atoms with Crippen molar-refractivity contribution in [1.29, 1.82) is 0 Å². The lowest BCUT2D eigenvalue weighted by Crippen LogP contribution is -2.58. The topological polar surface area (TPSA) is 25.4 Å². The molecule has 2 bridgehead atoms. The summed E-state index contributed by atoms with van der Waals surface area (Å²) in [7, 11) is 2.43. The van der Waals surface area contributed by atoms with Gasteiger partial charge >= 0.3 is 0 Å². The smallest absolute Gasteiger partial charge is 0.128 e. The Hall–Kier alpha value is -1.13. The summed E-state index contributed by atoms with van der Waals surface area (Å²) in [6.45, 7) is 7.64. The molecule has 0 radical (unpaired) electrons. The minimum Gasteiger partial charge on any atom is -0.378 e. The first-order chi connectivity index (χ1) is 10.2. The van der Waals surface area contributed by atoms with Gasteiger partial charge < -0.3 is 14.1 Å². The standard InChI is InChI=1S/C17H26N3O/c1-20-8-4-14(5-9-20)16(13-20)15-2-3-17(18-12-15)19-6-10-21-11-7-19/h2-3,12,14,16H,4-11,13H2,1H3/q+1. The van der Waals surface area contributed by atoms with E-state index >= 15 is 0 Å². The van der Waals surface area contributed by atoms with Crippen LogP contribution in [0, 0.1) is 5.92 Å². The first-order valence-corrected chi connectivity index (χ1v) is 8.36. The zero-order valence-electron chi connectivity index (χ0n) is 13.0. The average Bonchev–Trinajstić information content (AvgIpc) is 2.56. The van der Waals surface area contributed by atoms with E-state index in [1.807, 2.05) is 0 Å². The normalized spacial score (nSPS) is 36.0. The van der Waals surface area contributed by atoms with Crippen molar-refractivity contribution in [2.75, 3.05) is 57.9 Å². The summed E-state index contributed by atoms with van der Waals surface area (Å²) in [6.07, 6.45) is 4.93. The van der Waals surface area contributed by atoms with Crippen molar-refractivity contribution in [2.45, 2.75) is 18.8 Å². The van der Waals surface area contributed by atoms with Gasteiger partial charge in [-0.25, -0.2) is 4.98 Å². The summed E-state index contributed by atoms with van der Waals surface area (Å²) in [6, 6.07) is 4.55. The van der Waals surface area contributed by atoms with Crippen molar-refractivity contribution in [2.24, 2.45) is 5.92 Å². The number of hydrogen-bond acceptors (Lipinski definition) is 3. The van der Waals surface area contributed by atoms with Crippen molar-refractivity contribution in [3.05, 3.63) is 23.9 Å². The third-order valence-corrected chi connectivity index (χ3v) is 5.82. The molecule has 1 atom stereocenters. The summed E-state index contributed by atoms with van der Waals surface area (Å²) >= 11 is 0. The number of piperidine rings is 3. The first kappa shape index (κ1) is 13.5. The molecule has 1 unspecified atom stereocenters. The number of morpholine rings is 1. The zero-order valence-corrected chi connectivity index (χ0v) is 13.0. The maximum atomic E-state index is 5.41. The Balaban J connectivity index is 1.51. The molecule has 0 aromatic carbocycles. The van der Waals surface area contributed by atoms with Gasteiger partial charge in [-0.05, 0) is 17.5 Å². The Bertz CT molecular complexity index is 487. The minimum absolute atomic E-state index is 0.726. The maximum absolute atomic E-state index is 5.41. The number of hydrogen-bond donors (Lipinski definition) is 0. The molecule has 5 rings (SSSR count). The van der Waals surface area contributed by atoms with Gasteiger partial charge in [0.1, 0.15) is 5.82 Å². The largest absolute Gasteiger partial charge is 0.378 e. The molecule has 4 nitrogen and oxygen atoms in total. The van der Waals surface area contributed by atoms with E-state index < -0.39 is 0 Å². The summed E-state index contributed by atoms with van der Waals surface area (Å²) in [4.78, 5) is 7.08. The summed E-state index contributed by atoms with van der Waals surface area (Å²) < 4.78 is 6.68. The van der Waals surface area contributed by atoms with Gasteiger partial charge in [-0.2, -0.15) is 0 Å². The van der Waals surface area contributed by atoms with E-state index in [9.17, 15) is 0 Å². The Morgan fingerprint density at radius 2 is 1.95 bits per heavy atom. The molecule has 1 aromatic heterocycles. The fourth-order valence-electron chi connectivity index (χ4n) is 4.39. The van der Waals surface area contributed by atoms with Crippen LogP contribution in [0.4, 0.5) is 5.82 Å². The second-order valence-corrected chi connectivity index (χ2v) is 7.24. The number of likely N-dealkylation sites (N-methyl/N-ethyl adjacent to an activating group) is 1. The lowest BCUT2D eigenvalue weighted by molar-refractivity contribution is -0.926. The van der Waals surface area contributed by atoms with Crippen molar-refractivity contribution < 1.29 is 9.22 Å². The van der Waals surface area contributed by atoms with Gasteiger partial charge in [0.15, 0.2) is 0 Å². The van der Waals surface area contributed by atoms with Gasteiger partial charge in [-0.1, -0.05) is 6.07 Å². The molecule has 0 amide bonds. The predicted octanol–water partition coefficient (Wildman–Crippen LogP) is 1.87. The molecule has 5 heterocycles. The fraction of sp³-hybridized carbons (Fsp3) is 0.706. The molecular formula is C17H26N3O+. The maximum Gasteiger partial charge on any atom is 0.128 e. The highest BCUT2D eigenvalue weighted by molar-refractivity contribution is 5.40. The summed E-state index contributed by atoms with van der Waals surface area (Å²) in [5.74, 6) is 2.73. The van der Waals surface area contributed by atoms with E-state index in [4.69, 9.17) is 9.72 Å². The monoisotopic (exact) mass is 288 g/mol. The Morgan fingerprint density at radius 1 is 1.19 bits per heavy atom. The fourth-order valence-corrected chi connectivity index (χ4v) is 4.39. The van der Waals surface area contributed by atoms with Gasteiger partial charge in [-0.3, -0.25) is 0 Å². The van der Waals surface area contributed by atoms with Gasteiger partial charge in [0.2, 0.25) is 0 Å². The molecule has 0 spiro atoms. The van der Waals surface area contributed by atoms with E-state index in [2.05, 4.69) is 30.3 Å². The lowest BCUT2D eigenvalue weighted by atomic mass is 9.74. The Morgan fingerprint density at radius 3 is 2.57 bits per heavy atom. The van der Waals surface area contributed by atoms with Crippen LogP contribution in [0.3, 0.4) is 0 Å². The van der Waals surface area contributed by atoms with Gasteiger partial charge in [0, 0.05) is 38.0 Å². The predicted molar refractivity (Wildman–Crippen MR) is 83.5 cm³/mol. The Labute approximate surface area is 127 Å². The SMILES string of the molecule is C[N+]12CCC(CC1)C(c1ccc(N3CCOCC3)nc1)C2. The van der Waals surface area contributed by atoms with Crippen LogP contribution in [-0.4, -0.2) is 62.5 Å². The molecule has 0 saturated carbocycles. The van der Waals surface area contributed by atoms with Crippen molar-refractivity contribution >= 4 is 5.82 Å². The van der Waals surface area contributed by atoms with Crippen LogP contribution in [0.1, 0.15) is 24.3 Å². The van der Waals surface area contributed by atoms with E-state index in [1.165, 1.54) is 42.5 Å². The van der Waals surface area contributed by atoms with Crippen LogP contribution in [0.15, 0.2) is 18.3 Å². The molecule has 0 aliphatic carbocycles. The van der Waals surface area contributed by atoms with Crippen molar-refractivity contribution in [3.8, 4) is 0 Å². The van der Waals surface area contributed by atoms with Gasteiger partial charge in [0.25, 0.3) is 0 Å². The number of aromatic nitrogens is 1. The zero-order chi connectivity index (χ0) is 14.3. The van der Waals surface area contributed by atoms with Crippen LogP contribution in [0.5, 0.6) is 0 Å². The molecular weight excluding hydrogens is 262 g/mol. The van der Waals surface area contributed by atoms with Crippen LogP contribution in [-0.2, 0) is 4.74 Å². The number of rotatable bonds is 2. The molecule has 1 aromatic rings. The van der Waals surface area contributed by atoms with Crippen molar-refractivity contribution in [1.82, 2.24) is 4.98 Å². The van der Waals surface area contributed by atoms with Crippen LogP contribution in [0.25, 0.3) is 0 Å². The van der Waals surface area contributed by atoms with E-state index in [1.54, 1.807) is 0 Å². The highest BCUT2D eigenvalue weighted by Gasteiger charge is 2.43. The molecule has 114 valence electrons. The average molecular weight is 288 g/mol. The third-order valence-electron chi connectivity index (χ3n) is 5.82. The van der Waals surface area contributed by atoms with Crippen LogP contribution >= 0.6 is 0 Å². The number of pyridine rings is 1. The first-order valence-electron chi connectivity index (χ1n) is 8.36. The number of anilines is 1. The van der Waals surface area contributed by atoms with E-state index in [0.29, 0.717) is 0 Å². The highest BCUT2D eigenvalue weighted by atomic mass is 16.5. The summed E-state index contributed by atoms with van der Waals surface area (Å²) in [5, 5.41) is 0. The quantitative estimate of drug-likeness (QED) is 0.777. The van der Waals surface area contributed by atoms with E-state index in [0.717, 1.165) is 44.0 Å². The van der Waals surface area contributed by atoms with Gasteiger partial charge in [0.05, 0.1) is 39.9 Å². The summed E-state index contributed by atoms with van der Waals surface area (Å²) in [5.41, 5.74) is 1.46. The number of nitrogens with zero attached hydrogens (tertiary/aromatic N) is 3. The molecule has 0 N–H and O–H groups in total. The number of ether oxygens (including phenoxy) is 1. The molecule has 4 heteroatoms. The van der Waals surface area contributed by atoms with Crippen LogP contribution in [0.2, 0.25) is 0 Å². The number of fused-ring (bicyclic) bond motifs is 3. The van der Waals surface area contributed by atoms with Gasteiger partial charge in [-0.15, -0.1) is 0 Å². The third kappa shape index (κ3) is 2.55. The Kier molecular flexibility index (Phi) is 3.38. The second-order valence-electron chi connectivity index (χ2n) is 7.24. The van der Waals surface area contributed by atoms with E-state index in [-0.39, 0.29) is 0 Å². The molecule has 4 fully saturated rings. The lowest BCUT2D eigenvalue weighted by Gasteiger charge is -2.50. The van der Waals surface area contributed by atoms with Crippen LogP contribution < -0.4 is 4.90 Å². The molecule has 4 aliphatic rings. The number of quaternary nitrogens is 1. The molecule has 4 saturated heterocycles. The molecule has 4 aliphatic heterocycles. The van der Waals surface area contributed by atoms with Crippen molar-refractivity contribution in [3.63, 3.8) is 0 Å². The second kappa shape index (κ2) is 5.25. The minimum atomic E-state index is 0.726. The molecule has 21 heavy (non-hydrogen) atoms.